The number of carbonyl (C=O) groups excluding carboxylic acids is 2. The van der Waals surface area contributed by atoms with Gasteiger partial charge in [0.15, 0.2) is 0 Å². The van der Waals surface area contributed by atoms with Gasteiger partial charge in [0.2, 0.25) is 5.91 Å². The Labute approximate surface area is 186 Å². The molecule has 32 heavy (non-hydrogen) atoms. The van der Waals surface area contributed by atoms with Gasteiger partial charge in [0.25, 0.3) is 11.5 Å². The number of nitrogens with one attached hydrogen (secondary N) is 1. The molecule has 1 N–H and O–H groups in total. The third kappa shape index (κ3) is 4.37. The number of hydrogen-bond acceptors (Lipinski definition) is 4. The van der Waals surface area contributed by atoms with Gasteiger partial charge in [-0.25, -0.2) is 0 Å². The monoisotopic (exact) mass is 433 g/mol. The number of fused-ring (bicyclic) bond motifs is 1. The molecule has 2 heterocycles. The number of carbonyl (C=O) groups is 2. The second-order valence-corrected chi connectivity index (χ2v) is 8.09. The Morgan fingerprint density at radius 1 is 1.06 bits per heavy atom. The van der Waals surface area contributed by atoms with Crippen molar-refractivity contribution in [2.45, 2.75) is 25.3 Å². The first kappa shape index (κ1) is 21.6. The summed E-state index contributed by atoms with van der Waals surface area (Å²) in [5.74, 6) is 0.513. The van der Waals surface area contributed by atoms with Crippen LogP contribution in [0.4, 0.5) is 0 Å². The van der Waals surface area contributed by atoms with Gasteiger partial charge in [-0.15, -0.1) is 0 Å². The van der Waals surface area contributed by atoms with E-state index in [4.69, 9.17) is 4.74 Å². The van der Waals surface area contributed by atoms with Crippen LogP contribution >= 0.6 is 0 Å². The summed E-state index contributed by atoms with van der Waals surface area (Å²) in [5, 5.41) is 3.80. The minimum absolute atomic E-state index is 0.0411. The number of aromatic nitrogens is 1. The lowest BCUT2D eigenvalue weighted by Gasteiger charge is -2.32. The molecule has 0 radical (unpaired) electrons. The summed E-state index contributed by atoms with van der Waals surface area (Å²) < 4.78 is 6.88. The number of aryl methyl sites for hydroxylation is 1. The van der Waals surface area contributed by atoms with Gasteiger partial charge in [-0.05, 0) is 25.0 Å². The molecule has 1 fully saturated rings. The lowest BCUT2D eigenvalue weighted by molar-refractivity contribution is -0.131. The third-order valence-corrected chi connectivity index (χ3v) is 6.12. The van der Waals surface area contributed by atoms with E-state index in [9.17, 15) is 14.4 Å². The van der Waals surface area contributed by atoms with Gasteiger partial charge in [0.1, 0.15) is 5.75 Å². The fraction of sp³-hybridized carbons (Fsp3) is 0.320. The number of pyridine rings is 1. The summed E-state index contributed by atoms with van der Waals surface area (Å²) in [4.78, 5) is 39.8. The van der Waals surface area contributed by atoms with Gasteiger partial charge < -0.3 is 19.5 Å². The molecule has 0 aliphatic carbocycles. The molecule has 166 valence electrons. The first-order valence-corrected chi connectivity index (χ1v) is 10.8. The molecule has 7 heteroatoms. The molecule has 2 amide bonds. The first-order chi connectivity index (χ1) is 15.5. The molecule has 3 aromatic rings. The number of piperidine rings is 1. The van der Waals surface area contributed by atoms with Gasteiger partial charge in [-0.3, -0.25) is 14.4 Å². The van der Waals surface area contributed by atoms with Crippen molar-refractivity contribution in [1.29, 1.82) is 0 Å². The third-order valence-electron chi connectivity index (χ3n) is 6.12. The SMILES string of the molecule is COc1ccccc1CC(=O)N1CCC(NC(=O)c2cc(=O)n(C)c3ccccc23)CC1. The van der Waals surface area contributed by atoms with Crippen molar-refractivity contribution in [3.63, 3.8) is 0 Å². The van der Waals surface area contributed by atoms with Gasteiger partial charge in [0, 0.05) is 43.2 Å². The van der Waals surface area contributed by atoms with E-state index in [1.54, 1.807) is 14.2 Å². The molecule has 7 nitrogen and oxygen atoms in total. The Kier molecular flexibility index (Phi) is 6.25. The zero-order valence-corrected chi connectivity index (χ0v) is 18.3. The fourth-order valence-corrected chi connectivity index (χ4v) is 4.26. The number of ether oxygens (including phenoxy) is 1. The van der Waals surface area contributed by atoms with Crippen molar-refractivity contribution in [1.82, 2.24) is 14.8 Å². The van der Waals surface area contributed by atoms with Crippen molar-refractivity contribution in [2.75, 3.05) is 20.2 Å². The number of hydrogen-bond donors (Lipinski definition) is 1. The van der Waals surface area contributed by atoms with Gasteiger partial charge in [-0.1, -0.05) is 36.4 Å². The average Bonchev–Trinajstić information content (AvgIpc) is 2.82. The Balaban J connectivity index is 1.39. The van der Waals surface area contributed by atoms with E-state index in [1.807, 2.05) is 53.4 Å². The highest BCUT2D eigenvalue weighted by Gasteiger charge is 2.25. The summed E-state index contributed by atoms with van der Waals surface area (Å²) in [7, 11) is 3.30. The summed E-state index contributed by atoms with van der Waals surface area (Å²) in [6.07, 6.45) is 1.64. The van der Waals surface area contributed by atoms with Crippen LogP contribution in [0, 0.1) is 0 Å². The highest BCUT2D eigenvalue weighted by Crippen LogP contribution is 2.21. The highest BCUT2D eigenvalue weighted by molar-refractivity contribution is 6.06. The highest BCUT2D eigenvalue weighted by atomic mass is 16.5. The van der Waals surface area contributed by atoms with Crippen LogP contribution < -0.4 is 15.6 Å². The lowest BCUT2D eigenvalue weighted by atomic mass is 10.0. The zero-order chi connectivity index (χ0) is 22.7. The maximum atomic E-state index is 13.0. The lowest BCUT2D eigenvalue weighted by Crippen LogP contribution is -2.47. The molecular formula is C25H27N3O4. The van der Waals surface area contributed by atoms with Crippen LogP contribution in [0.25, 0.3) is 10.9 Å². The summed E-state index contributed by atoms with van der Waals surface area (Å²) in [6.45, 7) is 1.16. The minimum atomic E-state index is -0.252. The fourth-order valence-electron chi connectivity index (χ4n) is 4.26. The molecule has 4 rings (SSSR count). The summed E-state index contributed by atoms with van der Waals surface area (Å²) >= 11 is 0. The molecule has 0 atom stereocenters. The average molecular weight is 434 g/mol. The molecule has 1 saturated heterocycles. The van der Waals surface area contributed by atoms with Crippen LogP contribution in [-0.4, -0.2) is 47.5 Å². The smallest absolute Gasteiger partial charge is 0.252 e. The van der Waals surface area contributed by atoms with E-state index >= 15 is 0 Å². The molecular weight excluding hydrogens is 406 g/mol. The maximum absolute atomic E-state index is 13.0. The van der Waals surface area contributed by atoms with Gasteiger partial charge in [-0.2, -0.15) is 0 Å². The van der Waals surface area contributed by atoms with Gasteiger partial charge in [0.05, 0.1) is 24.6 Å². The van der Waals surface area contributed by atoms with E-state index in [0.29, 0.717) is 43.7 Å². The van der Waals surface area contributed by atoms with E-state index in [2.05, 4.69) is 5.32 Å². The van der Waals surface area contributed by atoms with E-state index in [-0.39, 0.29) is 23.4 Å². The van der Waals surface area contributed by atoms with Crippen molar-refractivity contribution in [3.8, 4) is 5.75 Å². The second kappa shape index (κ2) is 9.26. The minimum Gasteiger partial charge on any atom is -0.496 e. The number of rotatable bonds is 5. The number of benzene rings is 2. The molecule has 2 aromatic carbocycles. The zero-order valence-electron chi connectivity index (χ0n) is 18.3. The van der Waals surface area contributed by atoms with Crippen LogP contribution in [0.3, 0.4) is 0 Å². The van der Waals surface area contributed by atoms with E-state index in [1.165, 1.54) is 10.6 Å². The van der Waals surface area contributed by atoms with Crippen LogP contribution in [0.15, 0.2) is 59.4 Å². The van der Waals surface area contributed by atoms with Gasteiger partial charge >= 0.3 is 0 Å². The normalized spacial score (nSPS) is 14.4. The Hall–Kier alpha value is -3.61. The summed E-state index contributed by atoms with van der Waals surface area (Å²) in [5.41, 5.74) is 1.76. The van der Waals surface area contributed by atoms with Crippen molar-refractivity contribution in [2.24, 2.45) is 7.05 Å². The van der Waals surface area contributed by atoms with Crippen LogP contribution in [0.5, 0.6) is 5.75 Å². The standard InChI is InChI=1S/C25H27N3O4/c1-27-21-9-5-4-8-19(21)20(16-23(27)29)25(31)26-18-11-13-28(14-12-18)24(30)15-17-7-3-6-10-22(17)32-2/h3-10,16,18H,11-15H2,1-2H3,(H,26,31). The number of methoxy groups -OCH3 is 1. The molecule has 1 aromatic heterocycles. The van der Waals surface area contributed by atoms with E-state index < -0.39 is 0 Å². The molecule has 0 unspecified atom stereocenters. The van der Waals surface area contributed by atoms with Crippen LogP contribution in [0.1, 0.15) is 28.8 Å². The quantitative estimate of drug-likeness (QED) is 0.671. The predicted octanol–water partition coefficient (Wildman–Crippen LogP) is 2.51. The molecule has 0 saturated carbocycles. The van der Waals surface area contributed by atoms with Crippen LogP contribution in [0.2, 0.25) is 0 Å². The topological polar surface area (TPSA) is 80.6 Å². The number of amides is 2. The predicted molar refractivity (Wildman–Crippen MR) is 123 cm³/mol. The van der Waals surface area contributed by atoms with Crippen molar-refractivity contribution >= 4 is 22.7 Å². The maximum Gasteiger partial charge on any atom is 0.252 e. The summed E-state index contributed by atoms with van der Waals surface area (Å²) in [6, 6.07) is 16.3. The number of likely N-dealkylation sites (tertiary alicyclic amines) is 1. The number of para-hydroxylation sites is 2. The molecule has 0 spiro atoms. The Morgan fingerprint density at radius 2 is 1.75 bits per heavy atom. The largest absolute Gasteiger partial charge is 0.496 e. The molecule has 1 aliphatic rings. The molecule has 0 bridgehead atoms. The van der Waals surface area contributed by atoms with E-state index in [0.717, 1.165) is 16.5 Å². The Bertz CT molecular complexity index is 1210. The first-order valence-electron chi connectivity index (χ1n) is 10.8. The second-order valence-electron chi connectivity index (χ2n) is 8.09. The number of nitrogens with zero attached hydrogens (tertiary/aromatic N) is 2. The van der Waals surface area contributed by atoms with Crippen molar-refractivity contribution in [3.05, 3.63) is 76.1 Å². The Morgan fingerprint density at radius 3 is 2.50 bits per heavy atom. The molecule has 1 aliphatic heterocycles. The van der Waals surface area contributed by atoms with Crippen LogP contribution in [-0.2, 0) is 18.3 Å². The van der Waals surface area contributed by atoms with Crippen molar-refractivity contribution < 1.29 is 14.3 Å².